The van der Waals surface area contributed by atoms with E-state index in [0.717, 1.165) is 16.0 Å². The van der Waals surface area contributed by atoms with Crippen LogP contribution in [0.3, 0.4) is 0 Å². The van der Waals surface area contributed by atoms with E-state index in [4.69, 9.17) is 27.6 Å². The van der Waals surface area contributed by atoms with Crippen molar-refractivity contribution in [3.8, 4) is 11.3 Å². The molecule has 0 saturated carbocycles. The van der Waals surface area contributed by atoms with E-state index in [-0.39, 0.29) is 45.1 Å². The van der Waals surface area contributed by atoms with Crippen LogP contribution in [0.2, 0.25) is 10.0 Å². The van der Waals surface area contributed by atoms with Gasteiger partial charge in [0.05, 0.1) is 16.5 Å². The number of hydrogen-bond donors (Lipinski definition) is 1. The summed E-state index contributed by atoms with van der Waals surface area (Å²) < 4.78 is 5.69. The lowest BCUT2D eigenvalue weighted by atomic mass is 10.1. The fourth-order valence-corrected chi connectivity index (χ4v) is 3.72. The molecule has 1 fully saturated rings. The molecule has 0 bridgehead atoms. The first-order valence-electron chi connectivity index (χ1n) is 9.36. The van der Waals surface area contributed by atoms with Gasteiger partial charge in [-0.15, -0.1) is 0 Å². The summed E-state index contributed by atoms with van der Waals surface area (Å²) >= 11 is 12.0. The third-order valence-corrected chi connectivity index (χ3v) is 5.45. The average Bonchev–Trinajstić information content (AvgIpc) is 3.29. The number of halogens is 2. The molecule has 1 saturated heterocycles. The van der Waals surface area contributed by atoms with E-state index >= 15 is 0 Å². The Hall–Kier alpha value is -3.62. The number of amides is 3. The zero-order valence-electron chi connectivity index (χ0n) is 16.6. The molecular weight excluding hydrogens is 457 g/mol. The fourth-order valence-electron chi connectivity index (χ4n) is 3.17. The summed E-state index contributed by atoms with van der Waals surface area (Å²) in [5.41, 5.74) is 1.91. The Labute approximate surface area is 192 Å². The second kappa shape index (κ2) is 8.49. The molecule has 2 aromatic carbocycles. The maximum Gasteiger partial charge on any atom is 0.329 e. The van der Waals surface area contributed by atoms with Crippen LogP contribution in [0.1, 0.15) is 16.9 Å². The first-order chi connectivity index (χ1) is 15.2. The van der Waals surface area contributed by atoms with E-state index in [1.165, 1.54) is 18.2 Å². The molecule has 2 heterocycles. The van der Waals surface area contributed by atoms with Gasteiger partial charge in [0.25, 0.3) is 11.6 Å². The highest BCUT2D eigenvalue weighted by atomic mass is 35.5. The number of benzene rings is 2. The number of carbonyl (C=O) groups excluding carboxylic acids is 2. The minimum Gasteiger partial charge on any atom is -0.457 e. The Morgan fingerprint density at radius 2 is 1.81 bits per heavy atom. The number of nitro benzene ring substituents is 1. The summed E-state index contributed by atoms with van der Waals surface area (Å²) in [5, 5.41) is 13.8. The quantitative estimate of drug-likeness (QED) is 0.226. The van der Waals surface area contributed by atoms with Crippen molar-refractivity contribution in [3.05, 3.63) is 91.3 Å². The van der Waals surface area contributed by atoms with E-state index in [1.807, 2.05) is 31.2 Å². The number of furan rings is 1. The summed E-state index contributed by atoms with van der Waals surface area (Å²) in [4.78, 5) is 36.6. The van der Waals surface area contributed by atoms with Crippen LogP contribution in [0.5, 0.6) is 0 Å². The summed E-state index contributed by atoms with van der Waals surface area (Å²) in [5.74, 6) is 0.0121. The topological polar surface area (TPSA) is 106 Å². The summed E-state index contributed by atoms with van der Waals surface area (Å²) in [7, 11) is 0. The first kappa shape index (κ1) is 21.6. The number of aryl methyl sites for hydroxylation is 1. The number of nitro groups is 1. The number of carbonyl (C=O) groups is 2. The number of urea groups is 1. The van der Waals surface area contributed by atoms with E-state index < -0.39 is 16.9 Å². The Morgan fingerprint density at radius 3 is 2.50 bits per heavy atom. The van der Waals surface area contributed by atoms with E-state index in [1.54, 1.807) is 12.1 Å². The predicted molar refractivity (Wildman–Crippen MR) is 119 cm³/mol. The molecule has 0 radical (unpaired) electrons. The molecule has 3 amide bonds. The monoisotopic (exact) mass is 471 g/mol. The fraction of sp³-hybridized carbons (Fsp3) is 0.0909. The van der Waals surface area contributed by atoms with Gasteiger partial charge < -0.3 is 9.73 Å². The smallest absolute Gasteiger partial charge is 0.329 e. The standard InChI is InChI=1S/C22H15Cl2N3O5/c1-12-2-4-13(5-3-12)11-26-21(28)18(25-22(26)29)8-14-6-7-20(32-14)15-9-19(27(30)31)17(24)10-16(15)23/h2-10H,11H2,1H3,(H,25,29)/b18-8+. The van der Waals surface area contributed by atoms with E-state index in [2.05, 4.69) is 5.32 Å². The second-order valence-electron chi connectivity index (χ2n) is 7.11. The lowest BCUT2D eigenvalue weighted by Crippen LogP contribution is -2.30. The van der Waals surface area contributed by atoms with Crippen LogP contribution in [0.15, 0.2) is 58.6 Å². The van der Waals surface area contributed by atoms with Crippen LogP contribution < -0.4 is 5.32 Å². The third kappa shape index (κ3) is 4.23. The van der Waals surface area contributed by atoms with Gasteiger partial charge in [0, 0.05) is 17.7 Å². The van der Waals surface area contributed by atoms with E-state index in [0.29, 0.717) is 0 Å². The van der Waals surface area contributed by atoms with Gasteiger partial charge in [0.15, 0.2) is 0 Å². The van der Waals surface area contributed by atoms with Gasteiger partial charge in [-0.25, -0.2) is 4.79 Å². The molecule has 8 nitrogen and oxygen atoms in total. The van der Waals surface area contributed by atoms with Crippen molar-refractivity contribution in [1.29, 1.82) is 0 Å². The van der Waals surface area contributed by atoms with Crippen molar-refractivity contribution in [3.63, 3.8) is 0 Å². The Morgan fingerprint density at radius 1 is 1.09 bits per heavy atom. The Balaban J connectivity index is 1.58. The maximum atomic E-state index is 12.7. The van der Waals surface area contributed by atoms with Gasteiger partial charge in [-0.1, -0.05) is 53.0 Å². The lowest BCUT2D eigenvalue weighted by molar-refractivity contribution is -0.384. The lowest BCUT2D eigenvalue weighted by Gasteiger charge is -2.11. The Bertz CT molecular complexity index is 1280. The highest BCUT2D eigenvalue weighted by Crippen LogP contribution is 2.37. The molecule has 4 rings (SSSR count). The highest BCUT2D eigenvalue weighted by molar-refractivity contribution is 6.37. The zero-order valence-corrected chi connectivity index (χ0v) is 18.1. The highest BCUT2D eigenvalue weighted by Gasteiger charge is 2.33. The van der Waals surface area contributed by atoms with Gasteiger partial charge in [0.2, 0.25) is 0 Å². The first-order valence-corrected chi connectivity index (χ1v) is 10.1. The Kier molecular flexibility index (Phi) is 5.73. The number of imide groups is 1. The van der Waals surface area contributed by atoms with Crippen molar-refractivity contribution >= 4 is 46.9 Å². The van der Waals surface area contributed by atoms with Crippen molar-refractivity contribution < 1.29 is 18.9 Å². The molecule has 1 N–H and O–H groups in total. The zero-order chi connectivity index (χ0) is 23.0. The van der Waals surface area contributed by atoms with Crippen LogP contribution in [-0.4, -0.2) is 21.8 Å². The van der Waals surface area contributed by atoms with Crippen LogP contribution in [-0.2, 0) is 11.3 Å². The normalized spacial score (nSPS) is 14.8. The number of hydrogen-bond acceptors (Lipinski definition) is 5. The largest absolute Gasteiger partial charge is 0.457 e. The molecule has 1 aliphatic rings. The number of nitrogens with zero attached hydrogens (tertiary/aromatic N) is 2. The molecule has 0 aliphatic carbocycles. The van der Waals surface area contributed by atoms with Crippen molar-refractivity contribution in [2.24, 2.45) is 0 Å². The summed E-state index contributed by atoms with van der Waals surface area (Å²) in [6, 6.07) is 12.6. The van der Waals surface area contributed by atoms with Crippen LogP contribution in [0, 0.1) is 17.0 Å². The molecule has 0 spiro atoms. The SMILES string of the molecule is Cc1ccc(CN2C(=O)N/C(=C/c3ccc(-c4cc([N+](=O)[O-])c(Cl)cc4Cl)o3)C2=O)cc1. The molecular formula is C22H15Cl2N3O5. The predicted octanol–water partition coefficient (Wildman–Crippen LogP) is 5.56. The van der Waals surface area contributed by atoms with Crippen LogP contribution in [0.4, 0.5) is 10.5 Å². The maximum absolute atomic E-state index is 12.7. The van der Waals surface area contributed by atoms with Gasteiger partial charge in [-0.2, -0.15) is 0 Å². The minimum atomic E-state index is -0.622. The van der Waals surface area contributed by atoms with Crippen molar-refractivity contribution in [1.82, 2.24) is 10.2 Å². The molecule has 32 heavy (non-hydrogen) atoms. The minimum absolute atomic E-state index is 0.0520. The van der Waals surface area contributed by atoms with Crippen LogP contribution >= 0.6 is 23.2 Å². The molecule has 0 atom stereocenters. The molecule has 10 heteroatoms. The number of rotatable bonds is 5. The molecule has 3 aromatic rings. The molecule has 162 valence electrons. The number of nitrogens with one attached hydrogen (secondary N) is 1. The van der Waals surface area contributed by atoms with Gasteiger partial charge >= 0.3 is 6.03 Å². The molecule has 1 aromatic heterocycles. The van der Waals surface area contributed by atoms with Crippen LogP contribution in [0.25, 0.3) is 17.4 Å². The van der Waals surface area contributed by atoms with E-state index in [9.17, 15) is 19.7 Å². The molecule has 1 aliphatic heterocycles. The summed E-state index contributed by atoms with van der Waals surface area (Å²) in [6.45, 7) is 2.08. The van der Waals surface area contributed by atoms with Gasteiger partial charge in [-0.3, -0.25) is 19.8 Å². The average molecular weight is 472 g/mol. The second-order valence-corrected chi connectivity index (χ2v) is 7.92. The third-order valence-electron chi connectivity index (χ3n) is 4.84. The summed E-state index contributed by atoms with van der Waals surface area (Å²) in [6.07, 6.45) is 1.39. The van der Waals surface area contributed by atoms with Crippen molar-refractivity contribution in [2.75, 3.05) is 0 Å². The van der Waals surface area contributed by atoms with Gasteiger partial charge in [0.1, 0.15) is 22.2 Å². The van der Waals surface area contributed by atoms with Crippen molar-refractivity contribution in [2.45, 2.75) is 13.5 Å². The molecule has 0 unspecified atom stereocenters. The van der Waals surface area contributed by atoms with Gasteiger partial charge in [-0.05, 0) is 30.7 Å².